The van der Waals surface area contributed by atoms with Gasteiger partial charge >= 0.3 is 0 Å². The molecule has 5 aliphatic rings. The molecule has 35 heavy (non-hydrogen) atoms. The highest BCUT2D eigenvalue weighted by Crippen LogP contribution is 2.66. The number of aliphatic hydroxyl groups is 2. The molecule has 2 bridgehead atoms. The van der Waals surface area contributed by atoms with Gasteiger partial charge in [0, 0.05) is 24.6 Å². The minimum absolute atomic E-state index is 0.00159. The Labute approximate surface area is 203 Å². The molecule has 7 rings (SSSR count). The van der Waals surface area contributed by atoms with Crippen molar-refractivity contribution in [3.05, 3.63) is 64.9 Å². The fraction of sp³-hybridized carbons (Fsp3) is 0.444. The zero-order valence-electron chi connectivity index (χ0n) is 19.3. The molecule has 1 amide bonds. The van der Waals surface area contributed by atoms with Crippen molar-refractivity contribution >= 4 is 11.6 Å². The SMILES string of the molecule is O=C(NNc1ccccc1)C1=C(O)[C@@H]2Oc3c(O)ccc4c3[C@@]23CCN(CC2CC2)[C@H](C4)[C@]3(O)C1. The van der Waals surface area contributed by atoms with Crippen molar-refractivity contribution in [3.8, 4) is 11.5 Å². The number of aromatic hydroxyl groups is 1. The van der Waals surface area contributed by atoms with Crippen LogP contribution in [0.25, 0.3) is 0 Å². The number of hydrazine groups is 1. The van der Waals surface area contributed by atoms with Crippen molar-refractivity contribution in [2.75, 3.05) is 18.5 Å². The second kappa shape index (κ2) is 7.15. The van der Waals surface area contributed by atoms with Crippen LogP contribution in [0.2, 0.25) is 0 Å². The molecular weight excluding hydrogens is 446 g/mol. The number of amides is 1. The number of rotatable bonds is 5. The third-order valence-electron chi connectivity index (χ3n) is 8.89. The first-order valence-corrected chi connectivity index (χ1v) is 12.4. The number of phenolic OH excluding ortho intramolecular Hbond substituents is 1. The maximum absolute atomic E-state index is 13.3. The molecule has 0 aromatic heterocycles. The Morgan fingerprint density at radius 1 is 1.14 bits per heavy atom. The van der Waals surface area contributed by atoms with Crippen molar-refractivity contribution in [3.63, 3.8) is 0 Å². The van der Waals surface area contributed by atoms with Gasteiger partial charge in [0.05, 0.1) is 22.3 Å². The summed E-state index contributed by atoms with van der Waals surface area (Å²) in [4.78, 5) is 15.7. The van der Waals surface area contributed by atoms with E-state index in [1.54, 1.807) is 6.07 Å². The molecule has 2 aromatic rings. The fourth-order valence-electron chi connectivity index (χ4n) is 7.09. The van der Waals surface area contributed by atoms with Crippen LogP contribution in [0, 0.1) is 5.92 Å². The van der Waals surface area contributed by atoms with Crippen LogP contribution in [-0.2, 0) is 16.6 Å². The van der Waals surface area contributed by atoms with Gasteiger partial charge in [0.15, 0.2) is 17.6 Å². The zero-order valence-corrected chi connectivity index (χ0v) is 19.3. The van der Waals surface area contributed by atoms with Crippen molar-refractivity contribution in [1.82, 2.24) is 10.3 Å². The summed E-state index contributed by atoms with van der Waals surface area (Å²) in [6.07, 6.45) is 2.72. The number of anilines is 1. The van der Waals surface area contributed by atoms with E-state index >= 15 is 0 Å². The van der Waals surface area contributed by atoms with Crippen LogP contribution in [0.15, 0.2) is 53.8 Å². The Kier molecular flexibility index (Phi) is 4.31. The maximum Gasteiger partial charge on any atom is 0.269 e. The van der Waals surface area contributed by atoms with Crippen LogP contribution < -0.4 is 15.6 Å². The number of likely N-dealkylation sites (tertiary alicyclic amines) is 1. The van der Waals surface area contributed by atoms with E-state index in [0.29, 0.717) is 30.2 Å². The summed E-state index contributed by atoms with van der Waals surface area (Å²) >= 11 is 0. The van der Waals surface area contributed by atoms with Crippen LogP contribution in [0.3, 0.4) is 0 Å². The highest BCUT2D eigenvalue weighted by Gasteiger charge is 2.73. The average molecular weight is 476 g/mol. The predicted molar refractivity (Wildman–Crippen MR) is 128 cm³/mol. The third kappa shape index (κ3) is 2.78. The third-order valence-corrected chi connectivity index (χ3v) is 8.89. The summed E-state index contributed by atoms with van der Waals surface area (Å²) in [5, 5.41) is 34.6. The standard InChI is InChI=1S/C27H29N3O5/c31-19-9-8-16-12-20-27(34)13-18(25(33)29-28-17-4-2-1-3-5-17)22(32)24-26(27,21(16)23(19)35-24)10-11-30(20)14-15-6-7-15/h1-5,8-9,15,20,24,28,31-32,34H,6-7,10-14H2,(H,29,33)/t20-,24+,26+,27-/m1/s1. The second-order valence-electron chi connectivity index (χ2n) is 10.7. The highest BCUT2D eigenvalue weighted by molar-refractivity contribution is 5.95. The summed E-state index contributed by atoms with van der Waals surface area (Å²) in [7, 11) is 0. The Morgan fingerprint density at radius 2 is 1.94 bits per heavy atom. The minimum atomic E-state index is -1.32. The van der Waals surface area contributed by atoms with Crippen molar-refractivity contribution in [1.29, 1.82) is 0 Å². The fourth-order valence-corrected chi connectivity index (χ4v) is 7.09. The summed E-state index contributed by atoms with van der Waals surface area (Å²) in [5.74, 6) is 0.315. The summed E-state index contributed by atoms with van der Waals surface area (Å²) in [6, 6.07) is 12.6. The van der Waals surface area contributed by atoms with Crippen LogP contribution >= 0.6 is 0 Å². The molecule has 2 heterocycles. The monoisotopic (exact) mass is 475 g/mol. The average Bonchev–Trinajstić information content (AvgIpc) is 3.60. The number of hydrogen-bond acceptors (Lipinski definition) is 7. The lowest BCUT2D eigenvalue weighted by molar-refractivity contribution is -0.172. The summed E-state index contributed by atoms with van der Waals surface area (Å²) < 4.78 is 6.22. The van der Waals surface area contributed by atoms with Crippen LogP contribution in [0.5, 0.6) is 11.5 Å². The second-order valence-corrected chi connectivity index (χ2v) is 10.7. The first-order chi connectivity index (χ1) is 16.9. The van der Waals surface area contributed by atoms with E-state index in [0.717, 1.165) is 24.2 Å². The molecule has 182 valence electrons. The largest absolute Gasteiger partial charge is 0.508 e. The molecule has 2 fully saturated rings. The van der Waals surface area contributed by atoms with E-state index in [2.05, 4.69) is 15.8 Å². The number of nitrogens with zero attached hydrogens (tertiary/aromatic N) is 1. The Balaban J connectivity index is 1.32. The molecule has 0 radical (unpaired) electrons. The molecule has 5 N–H and O–H groups in total. The van der Waals surface area contributed by atoms with Crippen molar-refractivity contribution in [2.24, 2.45) is 5.92 Å². The van der Waals surface area contributed by atoms with Gasteiger partial charge in [0.2, 0.25) is 0 Å². The van der Waals surface area contributed by atoms with Gasteiger partial charge in [-0.15, -0.1) is 0 Å². The summed E-state index contributed by atoms with van der Waals surface area (Å²) in [6.45, 7) is 1.71. The van der Waals surface area contributed by atoms with E-state index < -0.39 is 23.0 Å². The molecule has 4 atom stereocenters. The van der Waals surface area contributed by atoms with E-state index in [9.17, 15) is 20.1 Å². The van der Waals surface area contributed by atoms with E-state index in [1.807, 2.05) is 36.4 Å². The predicted octanol–water partition coefficient (Wildman–Crippen LogP) is 2.52. The first kappa shape index (κ1) is 21.1. The van der Waals surface area contributed by atoms with Gasteiger partial charge < -0.3 is 20.1 Å². The van der Waals surface area contributed by atoms with Gasteiger partial charge in [-0.3, -0.25) is 20.5 Å². The lowest BCUT2D eigenvalue weighted by Gasteiger charge is -2.62. The minimum Gasteiger partial charge on any atom is -0.508 e. The lowest BCUT2D eigenvalue weighted by atomic mass is 9.49. The van der Waals surface area contributed by atoms with Gasteiger partial charge in [0.25, 0.3) is 5.91 Å². The first-order valence-electron chi connectivity index (χ1n) is 12.4. The van der Waals surface area contributed by atoms with Crippen molar-refractivity contribution < 1.29 is 24.9 Å². The Morgan fingerprint density at radius 3 is 2.71 bits per heavy atom. The van der Waals surface area contributed by atoms with E-state index in [4.69, 9.17) is 4.74 Å². The number of nitrogens with one attached hydrogen (secondary N) is 2. The Hall–Kier alpha value is -3.23. The smallest absolute Gasteiger partial charge is 0.269 e. The molecule has 2 aliphatic heterocycles. The van der Waals surface area contributed by atoms with Crippen LogP contribution in [0.1, 0.15) is 36.8 Å². The molecule has 3 aliphatic carbocycles. The van der Waals surface area contributed by atoms with E-state index in [-0.39, 0.29) is 29.5 Å². The number of carbonyl (C=O) groups excluding carboxylic acids is 1. The molecule has 2 aromatic carbocycles. The number of aliphatic hydroxyl groups excluding tert-OH is 1. The van der Waals surface area contributed by atoms with Crippen molar-refractivity contribution in [2.45, 2.75) is 55.3 Å². The normalized spacial score (nSPS) is 32.6. The van der Waals surface area contributed by atoms with Gasteiger partial charge in [-0.05, 0) is 61.9 Å². The number of ether oxygens (including phenoxy) is 1. The number of hydrogen-bond donors (Lipinski definition) is 5. The Bertz CT molecular complexity index is 1260. The lowest BCUT2D eigenvalue weighted by Crippen LogP contribution is -2.75. The number of para-hydroxylation sites is 1. The quantitative estimate of drug-likeness (QED) is 0.422. The summed E-state index contributed by atoms with van der Waals surface area (Å²) in [5.41, 5.74) is 6.00. The van der Waals surface area contributed by atoms with Crippen LogP contribution in [0.4, 0.5) is 5.69 Å². The number of phenols is 1. The molecule has 1 spiro atoms. The number of benzene rings is 2. The molecule has 8 nitrogen and oxygen atoms in total. The molecule has 1 saturated carbocycles. The number of piperidine rings is 1. The molecule has 0 unspecified atom stereocenters. The molecule has 1 saturated heterocycles. The van der Waals surface area contributed by atoms with Gasteiger partial charge in [-0.2, -0.15) is 0 Å². The molecule has 8 heteroatoms. The van der Waals surface area contributed by atoms with Gasteiger partial charge in [-0.1, -0.05) is 24.3 Å². The van der Waals surface area contributed by atoms with Gasteiger partial charge in [0.1, 0.15) is 5.76 Å². The maximum atomic E-state index is 13.3. The highest BCUT2D eigenvalue weighted by atomic mass is 16.5. The van der Waals surface area contributed by atoms with E-state index in [1.165, 1.54) is 12.8 Å². The zero-order chi connectivity index (χ0) is 23.9. The topological polar surface area (TPSA) is 114 Å². The van der Waals surface area contributed by atoms with Gasteiger partial charge in [-0.25, -0.2) is 0 Å². The molecular formula is C27H29N3O5. The van der Waals surface area contributed by atoms with Crippen LogP contribution in [-0.4, -0.2) is 57.0 Å². The number of carbonyl (C=O) groups is 1.